The summed E-state index contributed by atoms with van der Waals surface area (Å²) in [5.41, 5.74) is 4.36. The molecule has 1 N–H and O–H groups in total. The van der Waals surface area contributed by atoms with E-state index in [2.05, 4.69) is 27.5 Å². The van der Waals surface area contributed by atoms with Crippen LogP contribution in [-0.2, 0) is 16.1 Å². The molecule has 0 bridgehead atoms. The molecule has 0 saturated carbocycles. The second-order valence-electron chi connectivity index (χ2n) is 7.03. The summed E-state index contributed by atoms with van der Waals surface area (Å²) in [5.74, 6) is 0. The van der Waals surface area contributed by atoms with E-state index in [1.165, 1.54) is 0 Å². The predicted octanol–water partition coefficient (Wildman–Crippen LogP) is 3.48. The van der Waals surface area contributed by atoms with Crippen LogP contribution in [0.1, 0.15) is 25.3 Å². The number of anilines is 2. The number of fused-ring (bicyclic) bond motifs is 1. The van der Waals surface area contributed by atoms with Crippen LogP contribution in [0.3, 0.4) is 0 Å². The van der Waals surface area contributed by atoms with E-state index in [9.17, 15) is 0 Å². The van der Waals surface area contributed by atoms with E-state index >= 15 is 0 Å². The van der Waals surface area contributed by atoms with E-state index in [-0.39, 0.29) is 5.60 Å². The second-order valence-corrected chi connectivity index (χ2v) is 7.03. The van der Waals surface area contributed by atoms with E-state index in [4.69, 9.17) is 9.57 Å². The summed E-state index contributed by atoms with van der Waals surface area (Å²) in [6.45, 7) is 4.14. The standard InChI is InChI=1S/C20H21N5O2/c1-2-25-19-16(12-22-25)18(23-14-6-4-3-5-7-14)15(11-21-19)17-10-20(27-24-17)8-9-26-13-20/h3-7,11-12H,2,8-10,13H2,1H3,(H,21,23). The number of hydrogen-bond donors (Lipinski definition) is 1. The van der Waals surface area contributed by atoms with Crippen LogP contribution in [0.15, 0.2) is 47.9 Å². The van der Waals surface area contributed by atoms with Gasteiger partial charge in [-0.1, -0.05) is 23.4 Å². The highest BCUT2D eigenvalue weighted by Gasteiger charge is 2.43. The Kier molecular flexibility index (Phi) is 3.82. The van der Waals surface area contributed by atoms with Crippen molar-refractivity contribution in [1.82, 2.24) is 14.8 Å². The van der Waals surface area contributed by atoms with Gasteiger partial charge in [0.05, 0.1) is 36.2 Å². The van der Waals surface area contributed by atoms with Gasteiger partial charge in [0.1, 0.15) is 0 Å². The Morgan fingerprint density at radius 3 is 2.89 bits per heavy atom. The zero-order chi connectivity index (χ0) is 18.3. The summed E-state index contributed by atoms with van der Waals surface area (Å²) >= 11 is 0. The van der Waals surface area contributed by atoms with Crippen LogP contribution in [0.25, 0.3) is 11.0 Å². The third-order valence-corrected chi connectivity index (χ3v) is 5.23. The Balaban J connectivity index is 1.60. The molecule has 2 aromatic heterocycles. The lowest BCUT2D eigenvalue weighted by Gasteiger charge is -2.18. The fraction of sp³-hybridized carbons (Fsp3) is 0.350. The molecule has 1 atom stereocenters. The molecule has 0 amide bonds. The van der Waals surface area contributed by atoms with Gasteiger partial charge in [-0.2, -0.15) is 5.10 Å². The first-order valence-corrected chi connectivity index (χ1v) is 9.28. The van der Waals surface area contributed by atoms with Crippen molar-refractivity contribution in [3.05, 3.63) is 48.3 Å². The molecule has 7 nitrogen and oxygen atoms in total. The highest BCUT2D eigenvalue weighted by atomic mass is 16.7. The van der Waals surface area contributed by atoms with Crippen molar-refractivity contribution in [2.45, 2.75) is 31.9 Å². The molecular weight excluding hydrogens is 342 g/mol. The van der Waals surface area contributed by atoms with Crippen molar-refractivity contribution in [3.8, 4) is 0 Å². The maximum absolute atomic E-state index is 5.80. The number of nitrogens with zero attached hydrogens (tertiary/aromatic N) is 4. The van der Waals surface area contributed by atoms with E-state index in [1.54, 1.807) is 0 Å². The van der Waals surface area contributed by atoms with E-state index in [0.29, 0.717) is 6.61 Å². The van der Waals surface area contributed by atoms with Crippen LogP contribution in [0, 0.1) is 0 Å². The van der Waals surface area contributed by atoms with Gasteiger partial charge in [0.25, 0.3) is 0 Å². The fourth-order valence-electron chi connectivity index (χ4n) is 3.74. The zero-order valence-corrected chi connectivity index (χ0v) is 15.2. The van der Waals surface area contributed by atoms with Crippen molar-refractivity contribution < 1.29 is 9.57 Å². The molecule has 1 aromatic carbocycles. The Hall–Kier alpha value is -2.93. The molecule has 1 saturated heterocycles. The van der Waals surface area contributed by atoms with Gasteiger partial charge in [-0.05, 0) is 19.1 Å². The first-order valence-electron chi connectivity index (χ1n) is 9.28. The van der Waals surface area contributed by atoms with Crippen LogP contribution in [0.4, 0.5) is 11.4 Å². The van der Waals surface area contributed by atoms with Crippen molar-refractivity contribution in [1.29, 1.82) is 0 Å². The average Bonchev–Trinajstić information content (AvgIpc) is 3.44. The number of pyridine rings is 1. The lowest BCUT2D eigenvalue weighted by atomic mass is 9.93. The van der Waals surface area contributed by atoms with Gasteiger partial charge in [0.15, 0.2) is 11.2 Å². The molecule has 138 valence electrons. The van der Waals surface area contributed by atoms with E-state index < -0.39 is 0 Å². The predicted molar refractivity (Wildman–Crippen MR) is 103 cm³/mol. The molecule has 7 heteroatoms. The summed E-state index contributed by atoms with van der Waals surface area (Å²) in [4.78, 5) is 10.5. The zero-order valence-electron chi connectivity index (χ0n) is 15.2. The number of ether oxygens (including phenoxy) is 1. The minimum atomic E-state index is -0.318. The first-order chi connectivity index (χ1) is 13.3. The lowest BCUT2D eigenvalue weighted by Crippen LogP contribution is -2.29. The van der Waals surface area contributed by atoms with Gasteiger partial charge in [-0.25, -0.2) is 9.67 Å². The number of aryl methyl sites for hydroxylation is 1. The second kappa shape index (κ2) is 6.35. The van der Waals surface area contributed by atoms with Gasteiger partial charge < -0.3 is 14.9 Å². The van der Waals surface area contributed by atoms with Crippen LogP contribution < -0.4 is 5.32 Å². The highest BCUT2D eigenvalue weighted by molar-refractivity contribution is 6.11. The Morgan fingerprint density at radius 1 is 1.22 bits per heavy atom. The van der Waals surface area contributed by atoms with Gasteiger partial charge in [0.2, 0.25) is 0 Å². The van der Waals surface area contributed by atoms with Crippen molar-refractivity contribution in [3.63, 3.8) is 0 Å². The van der Waals surface area contributed by atoms with Crippen LogP contribution in [0.2, 0.25) is 0 Å². The van der Waals surface area contributed by atoms with Crippen molar-refractivity contribution in [2.24, 2.45) is 5.16 Å². The summed E-state index contributed by atoms with van der Waals surface area (Å²) < 4.78 is 7.43. The largest absolute Gasteiger partial charge is 0.386 e. The molecule has 0 aliphatic carbocycles. The summed E-state index contributed by atoms with van der Waals surface area (Å²) in [7, 11) is 0. The highest BCUT2D eigenvalue weighted by Crippen LogP contribution is 2.37. The van der Waals surface area contributed by atoms with Gasteiger partial charge in [-0.15, -0.1) is 0 Å². The number of hydrogen-bond acceptors (Lipinski definition) is 6. The van der Waals surface area contributed by atoms with Gasteiger partial charge in [-0.3, -0.25) is 0 Å². The van der Waals surface area contributed by atoms with Crippen molar-refractivity contribution >= 4 is 28.1 Å². The minimum Gasteiger partial charge on any atom is -0.386 e. The number of para-hydroxylation sites is 1. The maximum Gasteiger partial charge on any atom is 0.168 e. The molecule has 2 aliphatic rings. The molecule has 1 spiro atoms. The summed E-state index contributed by atoms with van der Waals surface area (Å²) in [6, 6.07) is 10.1. The topological polar surface area (TPSA) is 73.6 Å². The molecule has 1 unspecified atom stereocenters. The Morgan fingerprint density at radius 2 is 2.11 bits per heavy atom. The molecule has 3 aromatic rings. The third-order valence-electron chi connectivity index (χ3n) is 5.23. The molecule has 0 radical (unpaired) electrons. The monoisotopic (exact) mass is 363 g/mol. The van der Waals surface area contributed by atoms with Crippen LogP contribution in [-0.4, -0.2) is 39.3 Å². The summed E-state index contributed by atoms with van der Waals surface area (Å²) in [6.07, 6.45) is 5.33. The van der Waals surface area contributed by atoms with Crippen LogP contribution in [0.5, 0.6) is 0 Å². The number of oxime groups is 1. The van der Waals surface area contributed by atoms with Crippen LogP contribution >= 0.6 is 0 Å². The van der Waals surface area contributed by atoms with E-state index in [1.807, 2.05) is 47.4 Å². The minimum absolute atomic E-state index is 0.318. The molecule has 4 heterocycles. The normalized spacial score (nSPS) is 21.6. The number of nitrogens with one attached hydrogen (secondary N) is 1. The van der Waals surface area contributed by atoms with Gasteiger partial charge in [0, 0.05) is 36.8 Å². The molecule has 27 heavy (non-hydrogen) atoms. The molecule has 5 rings (SSSR count). The SMILES string of the molecule is CCn1ncc2c(Nc3ccccc3)c(C3=NOC4(CCOC4)C3)cnc21. The molecule has 2 aliphatic heterocycles. The summed E-state index contributed by atoms with van der Waals surface area (Å²) in [5, 5.41) is 13.4. The number of rotatable bonds is 4. The molecule has 1 fully saturated rings. The fourth-order valence-corrected chi connectivity index (χ4v) is 3.74. The first kappa shape index (κ1) is 16.3. The third kappa shape index (κ3) is 2.75. The van der Waals surface area contributed by atoms with Gasteiger partial charge >= 0.3 is 0 Å². The van der Waals surface area contributed by atoms with Crippen molar-refractivity contribution in [2.75, 3.05) is 18.5 Å². The number of benzene rings is 1. The smallest absolute Gasteiger partial charge is 0.168 e. The Bertz CT molecular complexity index is 1010. The quantitative estimate of drug-likeness (QED) is 0.768. The van der Waals surface area contributed by atoms with E-state index in [0.717, 1.165) is 59.7 Å². The lowest BCUT2D eigenvalue weighted by molar-refractivity contribution is -0.0237. The maximum atomic E-state index is 5.80. The molecular formula is C20H21N5O2. The average molecular weight is 363 g/mol. The number of aromatic nitrogens is 3. The Labute approximate surface area is 157 Å².